The van der Waals surface area contributed by atoms with Crippen molar-refractivity contribution in [1.82, 2.24) is 15.0 Å². The molecule has 2 heterocycles. The van der Waals surface area contributed by atoms with Crippen LogP contribution in [0.25, 0.3) is 11.4 Å². The van der Waals surface area contributed by atoms with Crippen molar-refractivity contribution < 1.29 is 4.39 Å². The van der Waals surface area contributed by atoms with Crippen molar-refractivity contribution >= 4 is 17.5 Å². The SMILES string of the molecule is Cc1cc(F)ccc1Nc1cc(-c2ccccn2)nc(NC2CCCC2)n1. The van der Waals surface area contributed by atoms with Crippen molar-refractivity contribution in [1.29, 1.82) is 0 Å². The van der Waals surface area contributed by atoms with Gasteiger partial charge in [0.05, 0.1) is 11.4 Å². The highest BCUT2D eigenvalue weighted by Gasteiger charge is 2.17. The third kappa shape index (κ3) is 4.22. The third-order valence-corrected chi connectivity index (χ3v) is 4.79. The Bertz CT molecular complexity index is 923. The fraction of sp³-hybridized carbons (Fsp3) is 0.286. The largest absolute Gasteiger partial charge is 0.351 e. The number of halogens is 1. The van der Waals surface area contributed by atoms with Crippen LogP contribution in [0.4, 0.5) is 21.8 Å². The summed E-state index contributed by atoms with van der Waals surface area (Å²) >= 11 is 0. The molecule has 6 heteroatoms. The fourth-order valence-electron chi connectivity index (χ4n) is 3.38. The molecule has 0 bridgehead atoms. The highest BCUT2D eigenvalue weighted by Crippen LogP contribution is 2.26. The van der Waals surface area contributed by atoms with Crippen LogP contribution in [0, 0.1) is 12.7 Å². The van der Waals surface area contributed by atoms with Crippen molar-refractivity contribution in [3.8, 4) is 11.4 Å². The molecule has 0 amide bonds. The number of benzene rings is 1. The molecule has 0 saturated heterocycles. The van der Waals surface area contributed by atoms with Gasteiger partial charge in [-0.05, 0) is 55.7 Å². The number of aryl methyl sites for hydroxylation is 1. The molecule has 1 aliphatic carbocycles. The van der Waals surface area contributed by atoms with Gasteiger partial charge in [-0.1, -0.05) is 18.9 Å². The predicted molar refractivity (Wildman–Crippen MR) is 106 cm³/mol. The van der Waals surface area contributed by atoms with E-state index in [1.807, 2.05) is 31.2 Å². The summed E-state index contributed by atoms with van der Waals surface area (Å²) in [4.78, 5) is 13.7. The number of rotatable bonds is 5. The molecule has 1 aliphatic rings. The van der Waals surface area contributed by atoms with Crippen LogP contribution in [0.15, 0.2) is 48.7 Å². The second-order valence-corrected chi connectivity index (χ2v) is 6.89. The lowest BCUT2D eigenvalue weighted by Crippen LogP contribution is -2.17. The van der Waals surface area contributed by atoms with Crippen LogP contribution in [-0.4, -0.2) is 21.0 Å². The van der Waals surface area contributed by atoms with Gasteiger partial charge in [-0.3, -0.25) is 4.98 Å². The van der Waals surface area contributed by atoms with Gasteiger partial charge >= 0.3 is 0 Å². The van der Waals surface area contributed by atoms with E-state index in [0.29, 0.717) is 17.8 Å². The smallest absolute Gasteiger partial charge is 0.225 e. The minimum atomic E-state index is -0.251. The van der Waals surface area contributed by atoms with Gasteiger partial charge in [-0.25, -0.2) is 9.37 Å². The summed E-state index contributed by atoms with van der Waals surface area (Å²) < 4.78 is 13.4. The van der Waals surface area contributed by atoms with Crippen LogP contribution >= 0.6 is 0 Å². The zero-order valence-corrected chi connectivity index (χ0v) is 15.2. The topological polar surface area (TPSA) is 62.7 Å². The summed E-state index contributed by atoms with van der Waals surface area (Å²) in [5, 5.41) is 6.74. The molecular formula is C21H22FN5. The Hall–Kier alpha value is -3.02. The monoisotopic (exact) mass is 363 g/mol. The first-order valence-corrected chi connectivity index (χ1v) is 9.27. The van der Waals surface area contributed by atoms with E-state index in [4.69, 9.17) is 0 Å². The van der Waals surface area contributed by atoms with E-state index in [1.165, 1.54) is 25.0 Å². The summed E-state index contributed by atoms with van der Waals surface area (Å²) in [6.07, 6.45) is 6.49. The van der Waals surface area contributed by atoms with Crippen LogP contribution in [0.1, 0.15) is 31.2 Å². The molecule has 0 aliphatic heterocycles. The highest BCUT2D eigenvalue weighted by atomic mass is 19.1. The molecule has 0 atom stereocenters. The number of hydrogen-bond acceptors (Lipinski definition) is 5. The summed E-state index contributed by atoms with van der Waals surface area (Å²) in [6, 6.07) is 12.7. The quantitative estimate of drug-likeness (QED) is 0.661. The fourth-order valence-corrected chi connectivity index (χ4v) is 3.38. The molecular weight excluding hydrogens is 341 g/mol. The average molecular weight is 363 g/mol. The number of anilines is 3. The van der Waals surface area contributed by atoms with Crippen molar-refractivity contribution in [3.05, 3.63) is 60.0 Å². The molecule has 0 unspecified atom stereocenters. The maximum atomic E-state index is 13.4. The Balaban J connectivity index is 1.68. The third-order valence-electron chi connectivity index (χ3n) is 4.79. The lowest BCUT2D eigenvalue weighted by atomic mass is 10.2. The number of hydrogen-bond donors (Lipinski definition) is 2. The van der Waals surface area contributed by atoms with Gasteiger partial charge in [-0.2, -0.15) is 4.98 Å². The number of pyridine rings is 1. The van der Waals surface area contributed by atoms with Gasteiger partial charge < -0.3 is 10.6 Å². The van der Waals surface area contributed by atoms with Gasteiger partial charge in [0.1, 0.15) is 11.6 Å². The van der Waals surface area contributed by atoms with Crippen molar-refractivity contribution in [2.24, 2.45) is 0 Å². The van der Waals surface area contributed by atoms with Gasteiger partial charge in [0, 0.05) is 24.0 Å². The number of nitrogens with zero attached hydrogens (tertiary/aromatic N) is 3. The number of aromatic nitrogens is 3. The number of nitrogens with one attached hydrogen (secondary N) is 2. The lowest BCUT2D eigenvalue weighted by Gasteiger charge is -2.15. The summed E-state index contributed by atoms with van der Waals surface area (Å²) in [5.74, 6) is 0.992. The Labute approximate surface area is 158 Å². The van der Waals surface area contributed by atoms with Crippen LogP contribution in [0.2, 0.25) is 0 Å². The molecule has 1 saturated carbocycles. The molecule has 27 heavy (non-hydrogen) atoms. The first-order chi connectivity index (χ1) is 13.2. The molecule has 0 spiro atoms. The minimum absolute atomic E-state index is 0.251. The van der Waals surface area contributed by atoms with E-state index >= 15 is 0 Å². The molecule has 5 nitrogen and oxygen atoms in total. The average Bonchev–Trinajstić information content (AvgIpc) is 3.18. The van der Waals surface area contributed by atoms with E-state index in [9.17, 15) is 4.39 Å². The predicted octanol–water partition coefficient (Wildman–Crippen LogP) is 5.08. The van der Waals surface area contributed by atoms with Crippen LogP contribution in [-0.2, 0) is 0 Å². The maximum absolute atomic E-state index is 13.4. The van der Waals surface area contributed by atoms with E-state index in [-0.39, 0.29) is 5.82 Å². The van der Waals surface area contributed by atoms with Gasteiger partial charge in [0.25, 0.3) is 0 Å². The molecule has 2 aromatic heterocycles. The zero-order chi connectivity index (χ0) is 18.6. The molecule has 138 valence electrons. The van der Waals surface area contributed by atoms with Crippen molar-refractivity contribution in [3.63, 3.8) is 0 Å². The zero-order valence-electron chi connectivity index (χ0n) is 15.2. The Morgan fingerprint density at radius 1 is 1.00 bits per heavy atom. The second-order valence-electron chi connectivity index (χ2n) is 6.89. The van der Waals surface area contributed by atoms with Crippen molar-refractivity contribution in [2.75, 3.05) is 10.6 Å². The molecule has 1 aromatic carbocycles. The van der Waals surface area contributed by atoms with E-state index in [0.717, 1.165) is 35.5 Å². The van der Waals surface area contributed by atoms with Gasteiger partial charge in [0.15, 0.2) is 0 Å². The molecule has 1 fully saturated rings. The summed E-state index contributed by atoms with van der Waals surface area (Å²) in [5.41, 5.74) is 3.16. The Morgan fingerprint density at radius 2 is 1.85 bits per heavy atom. The molecule has 3 aromatic rings. The first kappa shape index (κ1) is 17.4. The standard InChI is InChI=1S/C21H22FN5/c1-14-12-15(22)9-10-17(14)25-20-13-19(18-8-4-5-11-23-18)26-21(27-20)24-16-6-2-3-7-16/h4-5,8-13,16H,2-3,6-7H2,1H3,(H2,24,25,26,27). The van der Waals surface area contributed by atoms with Gasteiger partial charge in [-0.15, -0.1) is 0 Å². The minimum Gasteiger partial charge on any atom is -0.351 e. The highest BCUT2D eigenvalue weighted by molar-refractivity contribution is 5.66. The van der Waals surface area contributed by atoms with Crippen LogP contribution < -0.4 is 10.6 Å². The van der Waals surface area contributed by atoms with Gasteiger partial charge in [0.2, 0.25) is 5.95 Å². The van der Waals surface area contributed by atoms with Crippen LogP contribution in [0.5, 0.6) is 0 Å². The van der Waals surface area contributed by atoms with E-state index in [1.54, 1.807) is 12.3 Å². The maximum Gasteiger partial charge on any atom is 0.225 e. The van der Waals surface area contributed by atoms with Crippen molar-refractivity contribution in [2.45, 2.75) is 38.6 Å². The van der Waals surface area contributed by atoms with E-state index in [2.05, 4.69) is 25.6 Å². The van der Waals surface area contributed by atoms with E-state index < -0.39 is 0 Å². The molecule has 4 rings (SSSR count). The molecule has 2 N–H and O–H groups in total. The second kappa shape index (κ2) is 7.70. The summed E-state index contributed by atoms with van der Waals surface area (Å²) in [6.45, 7) is 1.87. The van der Waals surface area contributed by atoms with Crippen LogP contribution in [0.3, 0.4) is 0 Å². The Kier molecular flexibility index (Phi) is 4.96. The normalized spacial score (nSPS) is 14.3. The Morgan fingerprint density at radius 3 is 2.59 bits per heavy atom. The molecule has 0 radical (unpaired) electrons. The first-order valence-electron chi connectivity index (χ1n) is 9.27. The summed E-state index contributed by atoms with van der Waals surface area (Å²) in [7, 11) is 0. The lowest BCUT2D eigenvalue weighted by molar-refractivity contribution is 0.627.